The van der Waals surface area contributed by atoms with Crippen LogP contribution in [0.2, 0.25) is 5.02 Å². The Hall–Kier alpha value is -3.43. The fourth-order valence-electron chi connectivity index (χ4n) is 4.66. The summed E-state index contributed by atoms with van der Waals surface area (Å²) in [6.07, 6.45) is 3.84. The van der Waals surface area contributed by atoms with E-state index in [0.717, 1.165) is 42.1 Å². The maximum atomic E-state index is 13.9. The van der Waals surface area contributed by atoms with Crippen molar-refractivity contribution in [1.82, 2.24) is 10.2 Å². The third kappa shape index (κ3) is 7.16. The van der Waals surface area contributed by atoms with Gasteiger partial charge in [-0.1, -0.05) is 54.8 Å². The van der Waals surface area contributed by atoms with Crippen LogP contribution < -0.4 is 9.62 Å². The van der Waals surface area contributed by atoms with Gasteiger partial charge in [0.2, 0.25) is 11.8 Å². The molecule has 1 saturated carbocycles. The molecule has 3 aromatic carbocycles. The second-order valence-corrected chi connectivity index (χ2v) is 11.9. The van der Waals surface area contributed by atoms with Crippen LogP contribution in [0.4, 0.5) is 10.1 Å². The summed E-state index contributed by atoms with van der Waals surface area (Å²) in [5.41, 5.74) is 0.815. The van der Waals surface area contributed by atoms with Crippen LogP contribution in [-0.4, -0.2) is 43.8 Å². The third-order valence-electron chi connectivity index (χ3n) is 6.84. The van der Waals surface area contributed by atoms with E-state index in [4.69, 9.17) is 11.6 Å². The summed E-state index contributed by atoms with van der Waals surface area (Å²) < 4.78 is 42.0. The molecule has 3 aromatic rings. The van der Waals surface area contributed by atoms with Crippen LogP contribution in [0, 0.1) is 5.82 Å². The Balaban J connectivity index is 1.67. The van der Waals surface area contributed by atoms with Crippen molar-refractivity contribution in [3.05, 3.63) is 95.3 Å². The zero-order chi connectivity index (χ0) is 28.0. The van der Waals surface area contributed by atoms with E-state index in [9.17, 15) is 22.4 Å². The van der Waals surface area contributed by atoms with Crippen LogP contribution in [0.25, 0.3) is 0 Å². The van der Waals surface area contributed by atoms with Gasteiger partial charge in [-0.25, -0.2) is 12.8 Å². The number of nitrogens with zero attached hydrogens (tertiary/aromatic N) is 2. The number of hydrogen-bond donors (Lipinski definition) is 1. The molecule has 0 aliphatic heterocycles. The maximum absolute atomic E-state index is 13.9. The Bertz CT molecular complexity index is 1400. The average Bonchev–Trinajstić information content (AvgIpc) is 3.44. The van der Waals surface area contributed by atoms with Gasteiger partial charge in [0, 0.05) is 17.6 Å². The van der Waals surface area contributed by atoms with E-state index in [-0.39, 0.29) is 29.1 Å². The van der Waals surface area contributed by atoms with Crippen LogP contribution in [0.1, 0.15) is 38.2 Å². The number of nitrogens with one attached hydrogen (secondary N) is 1. The molecule has 2 amide bonds. The Kier molecular flexibility index (Phi) is 9.24. The van der Waals surface area contributed by atoms with Crippen molar-refractivity contribution in [2.24, 2.45) is 0 Å². The van der Waals surface area contributed by atoms with Gasteiger partial charge in [0.15, 0.2) is 0 Å². The van der Waals surface area contributed by atoms with Gasteiger partial charge >= 0.3 is 0 Å². The topological polar surface area (TPSA) is 86.8 Å². The highest BCUT2D eigenvalue weighted by molar-refractivity contribution is 7.92. The first kappa shape index (κ1) is 28.6. The molecule has 4 rings (SSSR count). The molecule has 1 aliphatic rings. The minimum atomic E-state index is -4.20. The molecule has 0 heterocycles. The van der Waals surface area contributed by atoms with Crippen molar-refractivity contribution in [2.45, 2.75) is 56.1 Å². The second-order valence-electron chi connectivity index (χ2n) is 9.62. The Morgan fingerprint density at radius 2 is 1.67 bits per heavy atom. The van der Waals surface area contributed by atoms with Gasteiger partial charge < -0.3 is 10.2 Å². The quantitative estimate of drug-likeness (QED) is 0.365. The summed E-state index contributed by atoms with van der Waals surface area (Å²) in [4.78, 5) is 28.4. The molecule has 39 heavy (non-hydrogen) atoms. The van der Waals surface area contributed by atoms with E-state index in [1.54, 1.807) is 49.4 Å². The lowest BCUT2D eigenvalue weighted by atomic mass is 10.1. The van der Waals surface area contributed by atoms with Crippen molar-refractivity contribution >= 4 is 39.1 Å². The summed E-state index contributed by atoms with van der Waals surface area (Å²) in [6, 6.07) is 18.7. The number of rotatable bonds is 10. The monoisotopic (exact) mass is 571 g/mol. The van der Waals surface area contributed by atoms with Gasteiger partial charge in [-0.05, 0) is 73.9 Å². The molecular weight excluding hydrogens is 541 g/mol. The van der Waals surface area contributed by atoms with Gasteiger partial charge in [-0.3, -0.25) is 13.9 Å². The van der Waals surface area contributed by atoms with Crippen molar-refractivity contribution in [3.63, 3.8) is 0 Å². The number of hydrogen-bond acceptors (Lipinski definition) is 4. The third-order valence-corrected chi connectivity index (χ3v) is 8.86. The molecule has 0 radical (unpaired) electrons. The van der Waals surface area contributed by atoms with Gasteiger partial charge in [0.05, 0.1) is 10.6 Å². The van der Waals surface area contributed by atoms with E-state index in [1.165, 1.54) is 29.2 Å². The first-order valence-electron chi connectivity index (χ1n) is 12.8. The molecule has 0 bridgehead atoms. The number of anilines is 1. The maximum Gasteiger partial charge on any atom is 0.264 e. The summed E-state index contributed by atoms with van der Waals surface area (Å²) in [5, 5.41) is 3.50. The predicted molar refractivity (Wildman–Crippen MR) is 149 cm³/mol. The zero-order valence-electron chi connectivity index (χ0n) is 21.6. The molecule has 7 nitrogen and oxygen atoms in total. The average molecular weight is 572 g/mol. The molecule has 1 aliphatic carbocycles. The van der Waals surface area contributed by atoms with Crippen LogP contribution in [0.5, 0.6) is 0 Å². The van der Waals surface area contributed by atoms with Crippen LogP contribution in [-0.2, 0) is 26.2 Å². The van der Waals surface area contributed by atoms with E-state index >= 15 is 0 Å². The number of amides is 2. The largest absolute Gasteiger partial charge is 0.352 e. The minimum absolute atomic E-state index is 0.0180. The van der Waals surface area contributed by atoms with Crippen LogP contribution in [0.3, 0.4) is 0 Å². The number of carbonyl (C=O) groups is 2. The van der Waals surface area contributed by atoms with E-state index in [2.05, 4.69) is 5.32 Å². The van der Waals surface area contributed by atoms with Gasteiger partial charge in [-0.2, -0.15) is 0 Å². The molecular formula is C29H31ClFN3O4S. The number of halogens is 2. The molecule has 0 aromatic heterocycles. The minimum Gasteiger partial charge on any atom is -0.352 e. The number of sulfonamides is 1. The smallest absolute Gasteiger partial charge is 0.264 e. The van der Waals surface area contributed by atoms with Crippen LogP contribution >= 0.6 is 11.6 Å². The highest BCUT2D eigenvalue weighted by Gasteiger charge is 2.33. The van der Waals surface area contributed by atoms with Gasteiger partial charge in [0.25, 0.3) is 10.0 Å². The summed E-state index contributed by atoms with van der Waals surface area (Å²) in [7, 11) is -4.20. The number of benzene rings is 3. The van der Waals surface area contributed by atoms with E-state index in [1.807, 2.05) is 0 Å². The molecule has 206 valence electrons. The lowest BCUT2D eigenvalue weighted by Crippen LogP contribution is -2.52. The molecule has 1 fully saturated rings. The number of carbonyl (C=O) groups excluding carboxylic acids is 2. The Morgan fingerprint density at radius 3 is 2.31 bits per heavy atom. The van der Waals surface area contributed by atoms with Crippen molar-refractivity contribution < 1.29 is 22.4 Å². The molecule has 0 saturated heterocycles. The highest BCUT2D eigenvalue weighted by atomic mass is 35.5. The lowest BCUT2D eigenvalue weighted by Gasteiger charge is -2.32. The first-order chi connectivity index (χ1) is 18.6. The zero-order valence-corrected chi connectivity index (χ0v) is 23.2. The van der Waals surface area contributed by atoms with Gasteiger partial charge in [0.1, 0.15) is 18.4 Å². The Morgan fingerprint density at radius 1 is 1.00 bits per heavy atom. The lowest BCUT2D eigenvalue weighted by molar-refractivity contribution is -0.139. The fourth-order valence-corrected chi connectivity index (χ4v) is 6.31. The molecule has 0 spiro atoms. The van der Waals surface area contributed by atoms with Crippen molar-refractivity contribution in [1.29, 1.82) is 0 Å². The van der Waals surface area contributed by atoms with Crippen molar-refractivity contribution in [2.75, 3.05) is 10.8 Å². The molecule has 1 atom stereocenters. The second kappa shape index (κ2) is 12.6. The summed E-state index contributed by atoms with van der Waals surface area (Å²) >= 11 is 6.17. The highest BCUT2D eigenvalue weighted by Crippen LogP contribution is 2.25. The first-order valence-corrected chi connectivity index (χ1v) is 14.6. The SMILES string of the molecule is C[C@H](C(=O)NC1CCCC1)N(Cc1cccc(Cl)c1)C(=O)CN(c1ccc(F)cc1)S(=O)(=O)c1ccccc1. The van der Waals surface area contributed by atoms with Crippen molar-refractivity contribution in [3.8, 4) is 0 Å². The molecule has 1 N–H and O–H groups in total. The standard InChI is InChI=1S/C29H31ClFN3O4S/c1-21(29(36)32-25-10-5-6-11-25)33(19-22-8-7-9-23(30)18-22)28(35)20-34(26-16-14-24(31)15-17-26)39(37,38)27-12-3-2-4-13-27/h2-4,7-9,12-18,21,25H,5-6,10-11,19-20H2,1H3,(H,32,36)/t21-/m1/s1. The van der Waals surface area contributed by atoms with Gasteiger partial charge in [-0.15, -0.1) is 0 Å². The predicted octanol–water partition coefficient (Wildman–Crippen LogP) is 5.15. The summed E-state index contributed by atoms with van der Waals surface area (Å²) in [6.45, 7) is 1.08. The van der Waals surface area contributed by atoms with E-state index in [0.29, 0.717) is 10.6 Å². The summed E-state index contributed by atoms with van der Waals surface area (Å²) in [5.74, 6) is -1.44. The fraction of sp³-hybridized carbons (Fsp3) is 0.310. The molecule has 0 unspecified atom stereocenters. The molecule has 10 heteroatoms. The van der Waals surface area contributed by atoms with Crippen LogP contribution in [0.15, 0.2) is 83.8 Å². The Labute approximate surface area is 233 Å². The normalized spacial score (nSPS) is 14.5. The van der Waals surface area contributed by atoms with E-state index < -0.39 is 34.3 Å².